The molecule has 144 valence electrons. The number of nitrogens with zero attached hydrogens (tertiary/aromatic N) is 3. The van der Waals surface area contributed by atoms with Crippen LogP contribution in [-0.4, -0.2) is 16.8 Å². The summed E-state index contributed by atoms with van der Waals surface area (Å²) in [4.78, 5) is 17.2. The van der Waals surface area contributed by atoms with Gasteiger partial charge in [-0.3, -0.25) is 4.79 Å². The Bertz CT molecular complexity index is 989. The van der Waals surface area contributed by atoms with Gasteiger partial charge in [-0.1, -0.05) is 29.0 Å². The summed E-state index contributed by atoms with van der Waals surface area (Å²) in [5, 5.41) is 21.3. The van der Waals surface area contributed by atoms with E-state index in [4.69, 9.17) is 16.9 Å². The maximum absolute atomic E-state index is 13.8. The highest BCUT2D eigenvalue weighted by Gasteiger charge is 2.45. The van der Waals surface area contributed by atoms with Gasteiger partial charge in [0.2, 0.25) is 11.8 Å². The Morgan fingerprint density at radius 1 is 1.39 bits per heavy atom. The van der Waals surface area contributed by atoms with Crippen LogP contribution < -0.4 is 5.32 Å². The highest BCUT2D eigenvalue weighted by atomic mass is 35.5. The van der Waals surface area contributed by atoms with Gasteiger partial charge in [-0.25, -0.2) is 13.8 Å². The summed E-state index contributed by atoms with van der Waals surface area (Å²) in [7, 11) is 0. The zero-order valence-corrected chi connectivity index (χ0v) is 16.4. The Hall–Kier alpha value is -2.55. The number of benzene rings is 1. The van der Waals surface area contributed by atoms with Crippen molar-refractivity contribution in [1.82, 2.24) is 4.98 Å². The Morgan fingerprint density at radius 2 is 2.11 bits per heavy atom. The molecule has 0 saturated heterocycles. The predicted molar refractivity (Wildman–Crippen MR) is 101 cm³/mol. The first-order chi connectivity index (χ1) is 13.2. The Balaban J connectivity index is 1.97. The molecule has 0 spiro atoms. The second-order valence-corrected chi connectivity index (χ2v) is 8.33. The van der Waals surface area contributed by atoms with E-state index in [2.05, 4.69) is 10.3 Å². The van der Waals surface area contributed by atoms with Crippen molar-refractivity contribution in [1.29, 1.82) is 10.5 Å². The van der Waals surface area contributed by atoms with Crippen molar-refractivity contribution in [3.63, 3.8) is 0 Å². The van der Waals surface area contributed by atoms with Crippen LogP contribution in [0, 0.1) is 35.5 Å². The molecule has 5 nitrogen and oxygen atoms in total. The van der Waals surface area contributed by atoms with E-state index in [1.807, 2.05) is 12.1 Å². The number of hydrogen-bond acceptors (Lipinski definition) is 5. The van der Waals surface area contributed by atoms with E-state index in [0.29, 0.717) is 15.6 Å². The van der Waals surface area contributed by atoms with E-state index in [1.54, 1.807) is 13.0 Å². The molecule has 0 radical (unpaired) electrons. The lowest BCUT2D eigenvalue weighted by molar-refractivity contribution is -0.118. The number of alkyl halides is 2. The first-order valence-electron chi connectivity index (χ1n) is 8.50. The monoisotopic (exact) mass is 420 g/mol. The standard InChI is InChI=1S/C19H15ClF2N4OS/c1-10-16(20)28-18(25-10)26-17(27)15(12-4-5-19(21,22)7-12)11-2-3-13(8-23)14(6-11)9-24/h2-3,6,12,15H,4-5,7H2,1H3,(H,25,26,27). The van der Waals surface area contributed by atoms with Crippen molar-refractivity contribution in [2.24, 2.45) is 5.92 Å². The van der Waals surface area contributed by atoms with Gasteiger partial charge in [-0.2, -0.15) is 10.5 Å². The average Bonchev–Trinajstić information content (AvgIpc) is 3.15. The zero-order valence-electron chi connectivity index (χ0n) is 14.8. The van der Waals surface area contributed by atoms with Crippen molar-refractivity contribution in [2.75, 3.05) is 5.32 Å². The minimum Gasteiger partial charge on any atom is -0.301 e. The lowest BCUT2D eigenvalue weighted by Crippen LogP contribution is -2.27. The summed E-state index contributed by atoms with van der Waals surface area (Å²) in [6.07, 6.45) is -0.514. The maximum atomic E-state index is 13.8. The topological polar surface area (TPSA) is 89.6 Å². The normalized spacial score (nSPS) is 18.9. The number of amides is 1. The molecule has 1 aliphatic carbocycles. The second kappa shape index (κ2) is 7.83. The van der Waals surface area contributed by atoms with Gasteiger partial charge < -0.3 is 5.32 Å². The Morgan fingerprint density at radius 3 is 2.64 bits per heavy atom. The number of carbonyl (C=O) groups excluding carboxylic acids is 1. The summed E-state index contributed by atoms with van der Waals surface area (Å²) in [6.45, 7) is 1.70. The highest BCUT2D eigenvalue weighted by molar-refractivity contribution is 7.19. The largest absolute Gasteiger partial charge is 0.301 e. The van der Waals surface area contributed by atoms with Crippen molar-refractivity contribution in [3.8, 4) is 12.1 Å². The third-order valence-corrected chi connectivity index (χ3v) is 6.18. The van der Waals surface area contributed by atoms with Crippen molar-refractivity contribution >= 4 is 34.0 Å². The molecule has 1 N–H and O–H groups in total. The number of aromatic nitrogens is 1. The quantitative estimate of drug-likeness (QED) is 0.753. The van der Waals surface area contributed by atoms with Gasteiger partial charge in [0, 0.05) is 12.8 Å². The molecule has 1 aromatic carbocycles. The molecular weight excluding hydrogens is 406 g/mol. The molecule has 1 fully saturated rings. The molecule has 0 bridgehead atoms. The predicted octanol–water partition coefficient (Wildman–Crippen LogP) is 5.01. The molecular formula is C19H15ClF2N4OS. The Kier molecular flexibility index (Phi) is 5.64. The van der Waals surface area contributed by atoms with E-state index in [1.165, 1.54) is 12.1 Å². The minimum atomic E-state index is -2.82. The van der Waals surface area contributed by atoms with Crippen LogP contribution in [0.4, 0.5) is 13.9 Å². The van der Waals surface area contributed by atoms with Gasteiger partial charge in [0.05, 0.1) is 22.7 Å². The molecule has 2 atom stereocenters. The van der Waals surface area contributed by atoms with E-state index < -0.39 is 30.1 Å². The van der Waals surface area contributed by atoms with E-state index in [9.17, 15) is 18.8 Å². The fraction of sp³-hybridized carbons (Fsp3) is 0.368. The van der Waals surface area contributed by atoms with Gasteiger partial charge in [0.15, 0.2) is 5.13 Å². The van der Waals surface area contributed by atoms with Crippen LogP contribution in [0.25, 0.3) is 0 Å². The molecule has 28 heavy (non-hydrogen) atoms. The number of halogens is 3. The lowest BCUT2D eigenvalue weighted by atomic mass is 9.83. The van der Waals surface area contributed by atoms with Crippen LogP contribution in [-0.2, 0) is 4.79 Å². The van der Waals surface area contributed by atoms with Gasteiger partial charge in [0.25, 0.3) is 0 Å². The molecule has 1 aliphatic rings. The van der Waals surface area contributed by atoms with Gasteiger partial charge in [-0.05, 0) is 37.0 Å². The molecule has 1 amide bonds. The summed E-state index contributed by atoms with van der Waals surface area (Å²) < 4.78 is 28.1. The van der Waals surface area contributed by atoms with Crippen LogP contribution in [0.1, 0.15) is 47.6 Å². The van der Waals surface area contributed by atoms with Crippen molar-refractivity contribution in [2.45, 2.75) is 38.0 Å². The van der Waals surface area contributed by atoms with E-state index >= 15 is 0 Å². The Labute approximate surface area is 169 Å². The molecule has 1 heterocycles. The molecule has 1 saturated carbocycles. The minimum absolute atomic E-state index is 0.107. The number of hydrogen-bond donors (Lipinski definition) is 1. The second-order valence-electron chi connectivity index (χ2n) is 6.73. The molecule has 3 rings (SSSR count). The number of anilines is 1. The summed E-state index contributed by atoms with van der Waals surface area (Å²) in [5.41, 5.74) is 1.27. The third-order valence-electron chi connectivity index (χ3n) is 4.81. The maximum Gasteiger partial charge on any atom is 0.248 e. The van der Waals surface area contributed by atoms with Crippen molar-refractivity contribution < 1.29 is 13.6 Å². The third kappa shape index (κ3) is 4.14. The lowest BCUT2D eigenvalue weighted by Gasteiger charge is -2.23. The van der Waals surface area contributed by atoms with Gasteiger partial charge >= 0.3 is 0 Å². The fourth-order valence-corrected chi connectivity index (χ4v) is 4.42. The number of nitrogens with one attached hydrogen (secondary N) is 1. The number of carbonyl (C=O) groups is 1. The van der Waals surface area contributed by atoms with Gasteiger partial charge in [0.1, 0.15) is 16.5 Å². The molecule has 2 unspecified atom stereocenters. The first-order valence-corrected chi connectivity index (χ1v) is 9.69. The number of aryl methyl sites for hydroxylation is 1. The number of nitriles is 2. The van der Waals surface area contributed by atoms with E-state index in [0.717, 1.165) is 11.3 Å². The summed E-state index contributed by atoms with van der Waals surface area (Å²) in [5.74, 6) is -4.79. The SMILES string of the molecule is Cc1nc(NC(=O)C(c2ccc(C#N)c(C#N)c2)C2CCC(F)(F)C2)sc1Cl. The summed E-state index contributed by atoms with van der Waals surface area (Å²) >= 11 is 7.08. The van der Waals surface area contributed by atoms with Crippen LogP contribution in [0.5, 0.6) is 0 Å². The fourth-order valence-electron chi connectivity index (χ4n) is 3.47. The number of rotatable bonds is 4. The van der Waals surface area contributed by atoms with Crippen LogP contribution >= 0.6 is 22.9 Å². The van der Waals surface area contributed by atoms with E-state index in [-0.39, 0.29) is 29.1 Å². The van der Waals surface area contributed by atoms with Crippen molar-refractivity contribution in [3.05, 3.63) is 44.9 Å². The highest BCUT2D eigenvalue weighted by Crippen LogP contribution is 2.46. The zero-order chi connectivity index (χ0) is 20.5. The van der Waals surface area contributed by atoms with Crippen LogP contribution in [0.15, 0.2) is 18.2 Å². The van der Waals surface area contributed by atoms with Gasteiger partial charge in [-0.15, -0.1) is 0 Å². The molecule has 0 aliphatic heterocycles. The van der Waals surface area contributed by atoms with Crippen LogP contribution in [0.2, 0.25) is 4.34 Å². The molecule has 9 heteroatoms. The molecule has 1 aromatic heterocycles. The summed E-state index contributed by atoms with van der Waals surface area (Å²) in [6, 6.07) is 8.23. The number of thiazole rings is 1. The first kappa shape index (κ1) is 20.2. The van der Waals surface area contributed by atoms with Crippen LogP contribution in [0.3, 0.4) is 0 Å². The average molecular weight is 421 g/mol. The smallest absolute Gasteiger partial charge is 0.248 e. The molecule has 2 aromatic rings.